The third-order valence-electron chi connectivity index (χ3n) is 0.741. The molecule has 2 N–H and O–H groups in total. The number of aliphatic hydroxyl groups excluding tert-OH is 1. The number of hydrogen-bond donors (Lipinski definition) is 2. The van der Waals surface area contributed by atoms with Crippen LogP contribution in [0.2, 0.25) is 6.32 Å². The lowest BCUT2D eigenvalue weighted by Gasteiger charge is -1.88. The molecule has 0 spiro atoms. The van der Waals surface area contributed by atoms with E-state index in [4.69, 9.17) is 10.1 Å². The first-order valence-electron chi connectivity index (χ1n) is 2.48. The van der Waals surface area contributed by atoms with Crippen LogP contribution in [-0.2, 0) is 0 Å². The normalized spacial score (nSPS) is 8.86. The topological polar surface area (TPSA) is 40.5 Å². The van der Waals surface area contributed by atoms with Gasteiger partial charge in [-0.2, -0.15) is 0 Å². The first-order valence-corrected chi connectivity index (χ1v) is 2.48. The van der Waals surface area contributed by atoms with Gasteiger partial charge in [-0.15, -0.1) is 0 Å². The van der Waals surface area contributed by atoms with Crippen molar-refractivity contribution in [3.05, 3.63) is 0 Å². The quantitative estimate of drug-likeness (QED) is 0.380. The van der Waals surface area contributed by atoms with Crippen molar-refractivity contribution in [3.63, 3.8) is 0 Å². The summed E-state index contributed by atoms with van der Waals surface area (Å²) in [5.41, 5.74) is 0. The molecule has 0 aromatic carbocycles. The fourth-order valence-corrected chi connectivity index (χ4v) is 0.347. The Hall–Kier alpha value is -0.0151. The molecule has 0 aliphatic carbocycles. The number of rotatable bonds is 4. The van der Waals surface area contributed by atoms with E-state index in [0.29, 0.717) is 6.32 Å². The van der Waals surface area contributed by atoms with E-state index in [1.807, 2.05) is 0 Å². The maximum atomic E-state index is 8.20. The Morgan fingerprint density at radius 2 is 2.00 bits per heavy atom. The molecule has 0 saturated heterocycles. The fraction of sp³-hybridized carbons (Fsp3) is 1.00. The van der Waals surface area contributed by atoms with Gasteiger partial charge in [0.15, 0.2) is 0 Å². The zero-order valence-corrected chi connectivity index (χ0v) is 4.30. The van der Waals surface area contributed by atoms with Crippen molar-refractivity contribution in [2.75, 3.05) is 6.61 Å². The molecule has 41 valence electrons. The Kier molecular flexibility index (Phi) is 5.97. The third-order valence-corrected chi connectivity index (χ3v) is 0.741. The molecule has 0 unspecified atom stereocenters. The summed E-state index contributed by atoms with van der Waals surface area (Å²) in [6.07, 6.45) is 2.37. The average Bonchev–Trinajstić information content (AvgIpc) is 1.69. The second kappa shape index (κ2) is 5.98. The van der Waals surface area contributed by atoms with E-state index in [1.165, 1.54) is 0 Å². The van der Waals surface area contributed by atoms with E-state index in [-0.39, 0.29) is 6.61 Å². The molecule has 0 amide bonds. The summed E-state index contributed by atoms with van der Waals surface area (Å²) >= 11 is 0. The fourth-order valence-electron chi connectivity index (χ4n) is 0.347. The molecular formula is C4H10BO2. The smallest absolute Gasteiger partial charge is 0.287 e. The molecule has 2 nitrogen and oxygen atoms in total. The van der Waals surface area contributed by atoms with E-state index in [2.05, 4.69) is 0 Å². The van der Waals surface area contributed by atoms with Crippen molar-refractivity contribution in [1.29, 1.82) is 0 Å². The highest BCUT2D eigenvalue weighted by molar-refractivity contribution is 6.25. The van der Waals surface area contributed by atoms with E-state index in [1.54, 1.807) is 0 Å². The van der Waals surface area contributed by atoms with Crippen LogP contribution in [0.1, 0.15) is 12.8 Å². The van der Waals surface area contributed by atoms with Gasteiger partial charge in [0.25, 0.3) is 7.48 Å². The predicted octanol–water partition coefficient (Wildman–Crippen LogP) is -0.211. The van der Waals surface area contributed by atoms with Crippen molar-refractivity contribution in [1.82, 2.24) is 0 Å². The van der Waals surface area contributed by atoms with Crippen molar-refractivity contribution < 1.29 is 10.1 Å². The van der Waals surface area contributed by atoms with Gasteiger partial charge in [-0.05, 0) is 6.42 Å². The Balaban J connectivity index is 2.45. The van der Waals surface area contributed by atoms with E-state index in [9.17, 15) is 0 Å². The minimum atomic E-state index is 0.230. The molecule has 3 heteroatoms. The molecule has 0 rings (SSSR count). The second-order valence-corrected chi connectivity index (χ2v) is 1.40. The first-order chi connectivity index (χ1) is 3.41. The summed E-state index contributed by atoms with van der Waals surface area (Å²) < 4.78 is 0. The molecular weight excluding hydrogens is 90.9 g/mol. The first kappa shape index (κ1) is 6.98. The molecule has 0 heterocycles. The summed E-state index contributed by atoms with van der Waals surface area (Å²) in [7, 11) is 1.12. The van der Waals surface area contributed by atoms with Crippen molar-refractivity contribution in [2.24, 2.45) is 0 Å². The Morgan fingerprint density at radius 1 is 1.29 bits per heavy atom. The monoisotopic (exact) mass is 101 g/mol. The molecule has 0 aliphatic heterocycles. The van der Waals surface area contributed by atoms with Gasteiger partial charge in [0.05, 0.1) is 0 Å². The van der Waals surface area contributed by atoms with Crippen LogP contribution in [0, 0.1) is 0 Å². The van der Waals surface area contributed by atoms with Gasteiger partial charge in [-0.1, -0.05) is 12.7 Å². The average molecular weight is 101 g/mol. The zero-order chi connectivity index (χ0) is 5.54. The molecule has 7 heavy (non-hydrogen) atoms. The highest BCUT2D eigenvalue weighted by Crippen LogP contribution is 1.90. The van der Waals surface area contributed by atoms with E-state index < -0.39 is 0 Å². The molecule has 0 fully saturated rings. The molecule has 0 atom stereocenters. The van der Waals surface area contributed by atoms with Gasteiger partial charge < -0.3 is 10.1 Å². The van der Waals surface area contributed by atoms with E-state index >= 15 is 0 Å². The number of unbranched alkanes of at least 4 members (excludes halogenated alkanes) is 1. The molecule has 0 bridgehead atoms. The Bertz CT molecular complexity index is 28.9. The lowest BCUT2D eigenvalue weighted by molar-refractivity contribution is 0.286. The lowest BCUT2D eigenvalue weighted by atomic mass is 9.93. The Morgan fingerprint density at radius 3 is 2.43 bits per heavy atom. The summed E-state index contributed by atoms with van der Waals surface area (Å²) in [4.78, 5) is 0. The largest absolute Gasteiger partial charge is 0.454 e. The standard InChI is InChI=1S/C4H10BO2/c6-4-2-1-3-5-7/h6-7H,1-4H2. The number of hydrogen-bond acceptors (Lipinski definition) is 2. The summed E-state index contributed by atoms with van der Waals surface area (Å²) in [6.45, 7) is 0.230. The predicted molar refractivity (Wildman–Crippen MR) is 29.1 cm³/mol. The maximum Gasteiger partial charge on any atom is 0.287 e. The van der Waals surface area contributed by atoms with Gasteiger partial charge in [0.2, 0.25) is 0 Å². The number of aliphatic hydroxyl groups is 1. The lowest BCUT2D eigenvalue weighted by Crippen LogP contribution is -1.87. The highest BCUT2D eigenvalue weighted by Gasteiger charge is 1.84. The van der Waals surface area contributed by atoms with Gasteiger partial charge in [0.1, 0.15) is 0 Å². The summed E-state index contributed by atoms with van der Waals surface area (Å²) in [6, 6.07) is 0. The van der Waals surface area contributed by atoms with Gasteiger partial charge in [-0.25, -0.2) is 0 Å². The van der Waals surface area contributed by atoms with Crippen LogP contribution in [0.3, 0.4) is 0 Å². The van der Waals surface area contributed by atoms with Crippen LogP contribution in [-0.4, -0.2) is 24.2 Å². The minimum Gasteiger partial charge on any atom is -0.454 e. The summed E-state index contributed by atoms with van der Waals surface area (Å²) in [5, 5.41) is 16.3. The molecule has 0 aromatic rings. The second-order valence-electron chi connectivity index (χ2n) is 1.40. The highest BCUT2D eigenvalue weighted by atomic mass is 16.3. The van der Waals surface area contributed by atoms with Gasteiger partial charge in [-0.3, -0.25) is 0 Å². The van der Waals surface area contributed by atoms with Crippen LogP contribution < -0.4 is 0 Å². The van der Waals surface area contributed by atoms with Crippen molar-refractivity contribution in [3.8, 4) is 0 Å². The van der Waals surface area contributed by atoms with Crippen molar-refractivity contribution in [2.45, 2.75) is 19.2 Å². The molecule has 0 aliphatic rings. The maximum absolute atomic E-state index is 8.20. The van der Waals surface area contributed by atoms with Crippen molar-refractivity contribution >= 4 is 7.48 Å². The van der Waals surface area contributed by atoms with Crippen LogP contribution in [0.25, 0.3) is 0 Å². The molecule has 0 saturated carbocycles. The van der Waals surface area contributed by atoms with Crippen LogP contribution in [0.4, 0.5) is 0 Å². The van der Waals surface area contributed by atoms with Crippen LogP contribution in [0.5, 0.6) is 0 Å². The minimum absolute atomic E-state index is 0.230. The van der Waals surface area contributed by atoms with E-state index in [0.717, 1.165) is 20.3 Å². The molecule has 0 aromatic heterocycles. The van der Waals surface area contributed by atoms with Gasteiger partial charge >= 0.3 is 0 Å². The third kappa shape index (κ3) is 5.98. The molecule has 1 radical (unpaired) electrons. The van der Waals surface area contributed by atoms with Gasteiger partial charge in [0, 0.05) is 6.61 Å². The zero-order valence-electron chi connectivity index (χ0n) is 4.30. The Labute approximate surface area is 44.4 Å². The summed E-state index contributed by atoms with van der Waals surface area (Å²) in [5.74, 6) is 0. The van der Waals surface area contributed by atoms with Crippen LogP contribution >= 0.6 is 0 Å². The SMILES string of the molecule is O[B]CCCCO. The van der Waals surface area contributed by atoms with Crippen LogP contribution in [0.15, 0.2) is 0 Å².